The zero-order valence-electron chi connectivity index (χ0n) is 11.4. The Morgan fingerprint density at radius 1 is 1.35 bits per heavy atom. The van der Waals surface area contributed by atoms with Gasteiger partial charge in [-0.05, 0) is 38.6 Å². The minimum atomic E-state index is -0.176. The second kappa shape index (κ2) is 10.5. The Kier molecular flexibility index (Phi) is 10.2. The van der Waals surface area contributed by atoms with Crippen LogP contribution in [-0.4, -0.2) is 36.9 Å². The van der Waals surface area contributed by atoms with Crippen LogP contribution in [0.15, 0.2) is 0 Å². The van der Waals surface area contributed by atoms with E-state index in [1.54, 1.807) is 0 Å². The van der Waals surface area contributed by atoms with Gasteiger partial charge in [0.05, 0.1) is 6.61 Å². The van der Waals surface area contributed by atoms with E-state index in [0.717, 1.165) is 32.2 Å². The monoisotopic (exact) mass is 245 g/mol. The minimum absolute atomic E-state index is 0.149. The number of aliphatic hydroxyl groups is 1. The van der Waals surface area contributed by atoms with E-state index in [1.165, 1.54) is 0 Å². The number of ether oxygens (including phenoxy) is 1. The summed E-state index contributed by atoms with van der Waals surface area (Å²) in [6.07, 6.45) is 3.73. The first-order chi connectivity index (χ1) is 8.15. The van der Waals surface area contributed by atoms with Gasteiger partial charge in [0.1, 0.15) is 6.04 Å². The van der Waals surface area contributed by atoms with Crippen molar-refractivity contribution in [2.24, 2.45) is 5.92 Å². The summed E-state index contributed by atoms with van der Waals surface area (Å²) in [5.74, 6) is 0.188. The Bertz CT molecular complexity index is 197. The molecule has 4 nitrogen and oxygen atoms in total. The van der Waals surface area contributed by atoms with E-state index in [2.05, 4.69) is 12.2 Å². The molecule has 0 amide bonds. The van der Waals surface area contributed by atoms with Crippen LogP contribution in [0.1, 0.15) is 46.5 Å². The van der Waals surface area contributed by atoms with Gasteiger partial charge in [0.2, 0.25) is 0 Å². The van der Waals surface area contributed by atoms with E-state index >= 15 is 0 Å². The molecule has 0 aromatic heterocycles. The van der Waals surface area contributed by atoms with Gasteiger partial charge in [-0.1, -0.05) is 20.3 Å². The predicted molar refractivity (Wildman–Crippen MR) is 68.8 cm³/mol. The van der Waals surface area contributed by atoms with Crippen LogP contribution in [0.5, 0.6) is 0 Å². The molecule has 0 aliphatic rings. The second-order valence-corrected chi connectivity index (χ2v) is 4.48. The smallest absolute Gasteiger partial charge is 0.323 e. The van der Waals surface area contributed by atoms with E-state index in [-0.39, 0.29) is 18.6 Å². The summed E-state index contributed by atoms with van der Waals surface area (Å²) < 4.78 is 5.01. The predicted octanol–water partition coefficient (Wildman–Crippen LogP) is 1.72. The molecule has 0 aliphatic carbocycles. The molecule has 2 N–H and O–H groups in total. The summed E-state index contributed by atoms with van der Waals surface area (Å²) in [5.41, 5.74) is 0. The Morgan fingerprint density at radius 2 is 2.06 bits per heavy atom. The number of carbonyl (C=O) groups excluding carboxylic acids is 1. The van der Waals surface area contributed by atoms with Crippen molar-refractivity contribution in [1.82, 2.24) is 5.32 Å². The lowest BCUT2D eigenvalue weighted by Gasteiger charge is -2.17. The summed E-state index contributed by atoms with van der Waals surface area (Å²) in [5, 5.41) is 12.1. The van der Waals surface area contributed by atoms with Gasteiger partial charge in [-0.25, -0.2) is 0 Å². The molecular formula is C13H27NO3. The lowest BCUT2D eigenvalue weighted by Crippen LogP contribution is -2.38. The quantitative estimate of drug-likeness (QED) is 0.454. The fourth-order valence-corrected chi connectivity index (χ4v) is 1.65. The molecule has 0 saturated heterocycles. The maximum Gasteiger partial charge on any atom is 0.323 e. The average molecular weight is 245 g/mol. The molecule has 0 aromatic carbocycles. The molecule has 0 spiro atoms. The number of carbonyl (C=O) groups is 1. The molecular weight excluding hydrogens is 218 g/mol. The molecule has 17 heavy (non-hydrogen) atoms. The van der Waals surface area contributed by atoms with Crippen molar-refractivity contribution in [1.29, 1.82) is 0 Å². The third-order valence-corrected chi connectivity index (χ3v) is 2.72. The molecule has 0 fully saturated rings. The van der Waals surface area contributed by atoms with Gasteiger partial charge < -0.3 is 15.2 Å². The van der Waals surface area contributed by atoms with Gasteiger partial charge in [-0.2, -0.15) is 0 Å². The summed E-state index contributed by atoms with van der Waals surface area (Å²) in [4.78, 5) is 11.6. The number of esters is 1. The van der Waals surface area contributed by atoms with Gasteiger partial charge in [-0.3, -0.25) is 4.79 Å². The van der Waals surface area contributed by atoms with Crippen molar-refractivity contribution in [2.45, 2.75) is 52.5 Å². The third-order valence-electron chi connectivity index (χ3n) is 2.72. The maximum absolute atomic E-state index is 11.6. The minimum Gasteiger partial charge on any atom is -0.465 e. The number of nitrogens with one attached hydrogen (secondary N) is 1. The fourth-order valence-electron chi connectivity index (χ4n) is 1.65. The van der Waals surface area contributed by atoms with E-state index in [9.17, 15) is 4.79 Å². The Morgan fingerprint density at radius 3 is 2.59 bits per heavy atom. The molecule has 102 valence electrons. The Labute approximate surface area is 105 Å². The van der Waals surface area contributed by atoms with Crippen LogP contribution in [0.3, 0.4) is 0 Å². The van der Waals surface area contributed by atoms with Gasteiger partial charge >= 0.3 is 5.97 Å². The summed E-state index contributed by atoms with van der Waals surface area (Å²) >= 11 is 0. The van der Waals surface area contributed by atoms with Gasteiger partial charge in [0.25, 0.3) is 0 Å². The van der Waals surface area contributed by atoms with E-state index < -0.39 is 0 Å². The van der Waals surface area contributed by atoms with Crippen LogP contribution in [0.2, 0.25) is 0 Å². The molecule has 0 aliphatic heterocycles. The van der Waals surface area contributed by atoms with Crippen molar-refractivity contribution in [3.8, 4) is 0 Å². The lowest BCUT2D eigenvalue weighted by atomic mass is 10.1. The van der Waals surface area contributed by atoms with Gasteiger partial charge in [0, 0.05) is 6.61 Å². The topological polar surface area (TPSA) is 58.6 Å². The number of aliphatic hydroxyl groups excluding tert-OH is 1. The number of rotatable bonds is 10. The number of hydrogen-bond acceptors (Lipinski definition) is 4. The van der Waals surface area contributed by atoms with E-state index in [1.807, 2.05) is 13.8 Å². The highest BCUT2D eigenvalue weighted by Gasteiger charge is 2.17. The molecule has 0 saturated carbocycles. The van der Waals surface area contributed by atoms with Crippen LogP contribution >= 0.6 is 0 Å². The first kappa shape index (κ1) is 16.4. The molecule has 0 radical (unpaired) electrons. The van der Waals surface area contributed by atoms with Crippen LogP contribution < -0.4 is 5.32 Å². The fraction of sp³-hybridized carbons (Fsp3) is 0.923. The van der Waals surface area contributed by atoms with Crippen molar-refractivity contribution >= 4 is 5.97 Å². The van der Waals surface area contributed by atoms with Crippen molar-refractivity contribution in [3.05, 3.63) is 0 Å². The third kappa shape index (κ3) is 8.16. The van der Waals surface area contributed by atoms with Crippen LogP contribution in [-0.2, 0) is 9.53 Å². The molecule has 2 unspecified atom stereocenters. The highest BCUT2D eigenvalue weighted by atomic mass is 16.5. The molecule has 0 bridgehead atoms. The Balaban J connectivity index is 3.80. The zero-order valence-corrected chi connectivity index (χ0v) is 11.4. The SMILES string of the molecule is CCCC(NCCCC(C)CO)C(=O)OCC. The molecule has 0 rings (SSSR count). The molecule has 0 heterocycles. The standard InChI is InChI=1S/C13H27NO3/c1-4-7-12(13(16)17-5-2)14-9-6-8-11(3)10-15/h11-12,14-15H,4-10H2,1-3H3. The van der Waals surface area contributed by atoms with Gasteiger partial charge in [0.15, 0.2) is 0 Å². The maximum atomic E-state index is 11.6. The van der Waals surface area contributed by atoms with Crippen molar-refractivity contribution < 1.29 is 14.6 Å². The van der Waals surface area contributed by atoms with Crippen LogP contribution in [0, 0.1) is 5.92 Å². The van der Waals surface area contributed by atoms with E-state index in [0.29, 0.717) is 12.5 Å². The Hall–Kier alpha value is -0.610. The largest absolute Gasteiger partial charge is 0.465 e. The van der Waals surface area contributed by atoms with E-state index in [4.69, 9.17) is 9.84 Å². The first-order valence-electron chi connectivity index (χ1n) is 6.66. The lowest BCUT2D eigenvalue weighted by molar-refractivity contribution is -0.145. The van der Waals surface area contributed by atoms with Crippen LogP contribution in [0.4, 0.5) is 0 Å². The second-order valence-electron chi connectivity index (χ2n) is 4.48. The normalized spacial score (nSPS) is 14.4. The summed E-state index contributed by atoms with van der Waals surface area (Å²) in [6, 6.07) is -0.176. The molecule has 2 atom stereocenters. The van der Waals surface area contributed by atoms with Crippen LogP contribution in [0.25, 0.3) is 0 Å². The summed E-state index contributed by atoms with van der Waals surface area (Å²) in [6.45, 7) is 7.37. The van der Waals surface area contributed by atoms with Gasteiger partial charge in [-0.15, -0.1) is 0 Å². The number of hydrogen-bond donors (Lipinski definition) is 2. The molecule has 0 aromatic rings. The summed E-state index contributed by atoms with van der Waals surface area (Å²) in [7, 11) is 0. The molecule has 4 heteroatoms. The highest BCUT2D eigenvalue weighted by molar-refractivity contribution is 5.75. The van der Waals surface area contributed by atoms with Crippen molar-refractivity contribution in [3.63, 3.8) is 0 Å². The zero-order chi connectivity index (χ0) is 13.1. The highest BCUT2D eigenvalue weighted by Crippen LogP contribution is 2.04. The van der Waals surface area contributed by atoms with Crippen molar-refractivity contribution in [2.75, 3.05) is 19.8 Å². The first-order valence-corrected chi connectivity index (χ1v) is 6.66. The average Bonchev–Trinajstić information content (AvgIpc) is 2.32.